The summed E-state index contributed by atoms with van der Waals surface area (Å²) < 4.78 is 2.19. The number of nitrogens with zero attached hydrogens (tertiary/aromatic N) is 1. The van der Waals surface area contributed by atoms with Gasteiger partial charge in [-0.25, -0.2) is 0 Å². The Morgan fingerprint density at radius 3 is 2.60 bits per heavy atom. The molecule has 0 aliphatic carbocycles. The van der Waals surface area contributed by atoms with Crippen LogP contribution in [-0.4, -0.2) is 4.40 Å². The fraction of sp³-hybridized carbons (Fsp3) is 0. The average Bonchev–Trinajstić information content (AvgIpc) is 2.86. The van der Waals surface area contributed by atoms with Gasteiger partial charge < -0.3 is 4.40 Å². The van der Waals surface area contributed by atoms with E-state index in [0.717, 1.165) is 0 Å². The van der Waals surface area contributed by atoms with Crippen LogP contribution in [0.25, 0.3) is 27.1 Å². The van der Waals surface area contributed by atoms with Gasteiger partial charge in [0.15, 0.2) is 0 Å². The molecule has 2 aromatic heterocycles. The van der Waals surface area contributed by atoms with Gasteiger partial charge in [-0.1, -0.05) is 24.3 Å². The lowest BCUT2D eigenvalue weighted by molar-refractivity contribution is 1.24. The molecule has 0 atom stereocenters. The second kappa shape index (κ2) is 2.31. The van der Waals surface area contributed by atoms with E-state index in [1.165, 1.54) is 27.1 Å². The van der Waals surface area contributed by atoms with Gasteiger partial charge in [-0.2, -0.15) is 0 Å². The summed E-state index contributed by atoms with van der Waals surface area (Å²) in [4.78, 5) is 0. The summed E-state index contributed by atoms with van der Waals surface area (Å²) in [6.07, 6.45) is 4.25. The van der Waals surface area contributed by atoms with Crippen LogP contribution in [0.2, 0.25) is 0 Å². The molecule has 4 aromatic rings. The van der Waals surface area contributed by atoms with E-state index in [9.17, 15) is 0 Å². The smallest absolute Gasteiger partial charge is 0.0601 e. The minimum Gasteiger partial charge on any atom is -0.323 e. The molecule has 4 rings (SSSR count). The second-order valence-electron chi connectivity index (χ2n) is 3.99. The zero-order chi connectivity index (χ0) is 9.83. The van der Waals surface area contributed by atoms with Crippen molar-refractivity contribution in [3.05, 3.63) is 54.9 Å². The Labute approximate surface area is 86.9 Å². The number of hydrogen-bond acceptors (Lipinski definition) is 0. The zero-order valence-electron chi connectivity index (χ0n) is 8.14. The molecule has 0 saturated heterocycles. The lowest BCUT2D eigenvalue weighted by atomic mass is 10.0. The summed E-state index contributed by atoms with van der Waals surface area (Å²) in [5.74, 6) is 0. The van der Waals surface area contributed by atoms with Crippen LogP contribution in [0.1, 0.15) is 0 Å². The summed E-state index contributed by atoms with van der Waals surface area (Å²) in [5, 5.41) is 5.35. The summed E-state index contributed by atoms with van der Waals surface area (Å²) in [7, 11) is 0. The first-order chi connectivity index (χ1) is 7.43. The Kier molecular flexibility index (Phi) is 1.13. The third-order valence-electron chi connectivity index (χ3n) is 3.17. The number of rotatable bonds is 0. The zero-order valence-corrected chi connectivity index (χ0v) is 8.14. The van der Waals surface area contributed by atoms with E-state index >= 15 is 0 Å². The molecule has 70 valence electrons. The van der Waals surface area contributed by atoms with Crippen molar-refractivity contribution < 1.29 is 0 Å². The van der Waals surface area contributed by atoms with E-state index in [0.29, 0.717) is 0 Å². The van der Waals surface area contributed by atoms with Crippen LogP contribution < -0.4 is 0 Å². The fourth-order valence-corrected chi connectivity index (χ4v) is 2.49. The van der Waals surface area contributed by atoms with Gasteiger partial charge in [0, 0.05) is 23.2 Å². The van der Waals surface area contributed by atoms with E-state index in [2.05, 4.69) is 59.3 Å². The number of aromatic nitrogens is 1. The van der Waals surface area contributed by atoms with Crippen molar-refractivity contribution in [2.75, 3.05) is 0 Å². The largest absolute Gasteiger partial charge is 0.323 e. The Hall–Kier alpha value is -2.02. The number of benzene rings is 2. The van der Waals surface area contributed by atoms with Gasteiger partial charge in [-0.15, -0.1) is 0 Å². The molecular formula is C14H9N. The number of fused-ring (bicyclic) bond motifs is 2. The number of hydrogen-bond donors (Lipinski definition) is 0. The molecule has 15 heavy (non-hydrogen) atoms. The first kappa shape index (κ1) is 7.30. The topological polar surface area (TPSA) is 4.41 Å². The summed E-state index contributed by atoms with van der Waals surface area (Å²) in [6.45, 7) is 0. The molecule has 0 aliphatic rings. The summed E-state index contributed by atoms with van der Waals surface area (Å²) >= 11 is 0. The summed E-state index contributed by atoms with van der Waals surface area (Å²) in [5.41, 5.74) is 1.34. The normalized spacial score (nSPS) is 12.0. The van der Waals surface area contributed by atoms with Crippen LogP contribution in [0.3, 0.4) is 0 Å². The minimum atomic E-state index is 1.32. The van der Waals surface area contributed by atoms with Crippen molar-refractivity contribution in [1.29, 1.82) is 0 Å². The quantitative estimate of drug-likeness (QED) is 0.399. The van der Waals surface area contributed by atoms with Crippen LogP contribution in [0.5, 0.6) is 0 Å². The van der Waals surface area contributed by atoms with Gasteiger partial charge in [0.2, 0.25) is 0 Å². The Morgan fingerprint density at radius 2 is 1.60 bits per heavy atom. The Morgan fingerprint density at radius 1 is 0.733 bits per heavy atom. The van der Waals surface area contributed by atoms with E-state index in [1.807, 2.05) is 0 Å². The molecule has 1 nitrogen and oxygen atoms in total. The van der Waals surface area contributed by atoms with Crippen LogP contribution in [0.15, 0.2) is 54.9 Å². The van der Waals surface area contributed by atoms with E-state index < -0.39 is 0 Å². The molecule has 0 bridgehead atoms. The average molecular weight is 191 g/mol. The Bertz CT molecular complexity index is 764. The molecule has 0 fully saturated rings. The maximum atomic E-state index is 2.26. The molecule has 0 radical (unpaired) electrons. The highest BCUT2D eigenvalue weighted by atomic mass is 14.9. The molecule has 0 saturated carbocycles. The lowest BCUT2D eigenvalue weighted by Gasteiger charge is -1.99. The molecule has 2 aromatic carbocycles. The monoisotopic (exact) mass is 191 g/mol. The minimum absolute atomic E-state index is 1.32. The second-order valence-corrected chi connectivity index (χ2v) is 3.99. The molecule has 0 unspecified atom stereocenters. The first-order valence-electron chi connectivity index (χ1n) is 5.14. The van der Waals surface area contributed by atoms with Gasteiger partial charge >= 0.3 is 0 Å². The van der Waals surface area contributed by atoms with Crippen molar-refractivity contribution in [1.82, 2.24) is 4.40 Å². The van der Waals surface area contributed by atoms with Crippen LogP contribution in [0, 0.1) is 0 Å². The Balaban J connectivity index is 2.48. The van der Waals surface area contributed by atoms with Crippen LogP contribution >= 0.6 is 0 Å². The third kappa shape index (κ3) is 0.785. The van der Waals surface area contributed by atoms with Gasteiger partial charge in [0.05, 0.1) is 5.52 Å². The molecule has 0 spiro atoms. The predicted octanol–water partition coefficient (Wildman–Crippen LogP) is 3.68. The maximum absolute atomic E-state index is 2.26. The summed E-state index contributed by atoms with van der Waals surface area (Å²) in [6, 6.07) is 15.2. The molecule has 0 N–H and O–H groups in total. The van der Waals surface area contributed by atoms with Crippen molar-refractivity contribution in [2.45, 2.75) is 0 Å². The van der Waals surface area contributed by atoms with E-state index in [-0.39, 0.29) is 0 Å². The van der Waals surface area contributed by atoms with Gasteiger partial charge in [-0.3, -0.25) is 0 Å². The maximum Gasteiger partial charge on any atom is 0.0601 e. The molecule has 0 amide bonds. The van der Waals surface area contributed by atoms with Crippen molar-refractivity contribution >= 4 is 27.1 Å². The highest BCUT2D eigenvalue weighted by Crippen LogP contribution is 2.31. The standard InChI is InChI=1S/C14H9N/c1-2-4-12-10(3-1)9-11-5-7-15-8-6-13(12)14(11)15/h1-9H. The van der Waals surface area contributed by atoms with Crippen molar-refractivity contribution in [2.24, 2.45) is 0 Å². The predicted molar refractivity (Wildman–Crippen MR) is 63.6 cm³/mol. The van der Waals surface area contributed by atoms with Crippen molar-refractivity contribution in [3.63, 3.8) is 0 Å². The third-order valence-corrected chi connectivity index (χ3v) is 3.17. The van der Waals surface area contributed by atoms with E-state index in [4.69, 9.17) is 0 Å². The molecular weight excluding hydrogens is 182 g/mol. The van der Waals surface area contributed by atoms with Crippen LogP contribution in [-0.2, 0) is 0 Å². The molecule has 1 heteroatoms. The lowest BCUT2D eigenvalue weighted by Crippen LogP contribution is -1.75. The van der Waals surface area contributed by atoms with E-state index in [1.54, 1.807) is 0 Å². The van der Waals surface area contributed by atoms with Gasteiger partial charge in [0.25, 0.3) is 0 Å². The highest BCUT2D eigenvalue weighted by Gasteiger charge is 2.07. The fourth-order valence-electron chi connectivity index (χ4n) is 2.49. The molecule has 0 aliphatic heterocycles. The first-order valence-corrected chi connectivity index (χ1v) is 5.14. The van der Waals surface area contributed by atoms with Gasteiger partial charge in [-0.05, 0) is 29.0 Å². The van der Waals surface area contributed by atoms with Gasteiger partial charge in [0.1, 0.15) is 0 Å². The SMILES string of the molecule is c1ccc2c(c1)cc1ccn3ccc2c13. The highest BCUT2D eigenvalue weighted by molar-refractivity contribution is 6.14. The van der Waals surface area contributed by atoms with Crippen LogP contribution in [0.4, 0.5) is 0 Å². The molecule has 2 heterocycles. The van der Waals surface area contributed by atoms with Crippen molar-refractivity contribution in [3.8, 4) is 0 Å².